The molecule has 4 rings (SSSR count). The SMILES string of the molecule is CC(=NNC(=O)CSc1nc2ccccc2c(=O)n1-c1ccc(Br)cc1)c1cccnc1. The van der Waals surface area contributed by atoms with Gasteiger partial charge in [0.1, 0.15) is 0 Å². The van der Waals surface area contributed by atoms with Gasteiger partial charge in [-0.25, -0.2) is 10.4 Å². The van der Waals surface area contributed by atoms with Crippen LogP contribution in [-0.4, -0.2) is 31.9 Å². The zero-order chi connectivity index (χ0) is 22.5. The molecule has 0 aliphatic heterocycles. The fourth-order valence-corrected chi connectivity index (χ4v) is 4.05. The first-order valence-electron chi connectivity index (χ1n) is 9.67. The number of carbonyl (C=O) groups excluding carboxylic acids is 1. The first kappa shape index (κ1) is 21.9. The number of hydrogen-bond acceptors (Lipinski definition) is 6. The highest BCUT2D eigenvalue weighted by molar-refractivity contribution is 9.10. The van der Waals surface area contributed by atoms with Crippen LogP contribution in [-0.2, 0) is 4.79 Å². The monoisotopic (exact) mass is 507 g/mol. The summed E-state index contributed by atoms with van der Waals surface area (Å²) in [6, 6.07) is 18.2. The Morgan fingerprint density at radius 2 is 1.91 bits per heavy atom. The quantitative estimate of drug-likeness (QED) is 0.183. The third-order valence-corrected chi connectivity index (χ3v) is 6.06. The summed E-state index contributed by atoms with van der Waals surface area (Å²) in [4.78, 5) is 34.3. The molecule has 0 bridgehead atoms. The third kappa shape index (κ3) is 4.95. The van der Waals surface area contributed by atoms with E-state index < -0.39 is 0 Å². The number of pyridine rings is 1. The van der Waals surface area contributed by atoms with Crippen LogP contribution in [0.2, 0.25) is 0 Å². The van der Waals surface area contributed by atoms with Crippen LogP contribution in [0.25, 0.3) is 16.6 Å². The number of carbonyl (C=O) groups is 1. The van der Waals surface area contributed by atoms with Gasteiger partial charge < -0.3 is 0 Å². The molecule has 0 fully saturated rings. The van der Waals surface area contributed by atoms with E-state index in [0.717, 1.165) is 10.0 Å². The molecule has 1 N–H and O–H groups in total. The van der Waals surface area contributed by atoms with Crippen molar-refractivity contribution >= 4 is 50.2 Å². The second kappa shape index (κ2) is 9.88. The first-order valence-corrected chi connectivity index (χ1v) is 11.4. The predicted molar refractivity (Wildman–Crippen MR) is 130 cm³/mol. The molecule has 0 aliphatic rings. The van der Waals surface area contributed by atoms with Crippen LogP contribution in [0.5, 0.6) is 0 Å². The summed E-state index contributed by atoms with van der Waals surface area (Å²) in [5.41, 5.74) is 5.08. The average Bonchev–Trinajstić information content (AvgIpc) is 2.82. The van der Waals surface area contributed by atoms with E-state index in [9.17, 15) is 9.59 Å². The molecule has 0 aliphatic carbocycles. The molecule has 0 saturated heterocycles. The second-order valence-corrected chi connectivity index (χ2v) is 8.65. The van der Waals surface area contributed by atoms with Crippen molar-refractivity contribution in [1.29, 1.82) is 0 Å². The fraction of sp³-hybridized carbons (Fsp3) is 0.0870. The van der Waals surface area contributed by atoms with Gasteiger partial charge in [-0.3, -0.25) is 19.1 Å². The molecule has 2 heterocycles. The first-order chi connectivity index (χ1) is 15.5. The Labute approximate surface area is 196 Å². The summed E-state index contributed by atoms with van der Waals surface area (Å²) in [7, 11) is 0. The van der Waals surface area contributed by atoms with E-state index in [-0.39, 0.29) is 17.2 Å². The highest BCUT2D eigenvalue weighted by Crippen LogP contribution is 2.22. The lowest BCUT2D eigenvalue weighted by Gasteiger charge is -2.13. The number of aromatic nitrogens is 3. The van der Waals surface area contributed by atoms with Crippen molar-refractivity contribution in [2.24, 2.45) is 5.10 Å². The van der Waals surface area contributed by atoms with Crippen molar-refractivity contribution in [2.45, 2.75) is 12.1 Å². The van der Waals surface area contributed by atoms with E-state index >= 15 is 0 Å². The maximum absolute atomic E-state index is 13.2. The highest BCUT2D eigenvalue weighted by atomic mass is 79.9. The number of hydrazone groups is 1. The number of thioether (sulfide) groups is 1. The Hall–Kier alpha value is -3.30. The van der Waals surface area contributed by atoms with Crippen LogP contribution in [0.3, 0.4) is 0 Å². The van der Waals surface area contributed by atoms with E-state index in [1.54, 1.807) is 43.6 Å². The Bertz CT molecular complexity index is 1350. The smallest absolute Gasteiger partial charge is 0.266 e. The van der Waals surface area contributed by atoms with Crippen molar-refractivity contribution in [3.05, 3.63) is 93.4 Å². The molecule has 1 amide bonds. The molecular weight excluding hydrogens is 490 g/mol. The number of amides is 1. The summed E-state index contributed by atoms with van der Waals surface area (Å²) in [5.74, 6) is -0.256. The van der Waals surface area contributed by atoms with Crippen molar-refractivity contribution in [2.75, 3.05) is 5.75 Å². The van der Waals surface area contributed by atoms with E-state index in [2.05, 4.69) is 36.4 Å². The molecule has 0 unspecified atom stereocenters. The van der Waals surface area contributed by atoms with Gasteiger partial charge in [0.2, 0.25) is 0 Å². The largest absolute Gasteiger partial charge is 0.272 e. The van der Waals surface area contributed by atoms with Gasteiger partial charge in [0, 0.05) is 22.4 Å². The molecule has 32 heavy (non-hydrogen) atoms. The normalized spacial score (nSPS) is 11.5. The van der Waals surface area contributed by atoms with Gasteiger partial charge in [0.15, 0.2) is 5.16 Å². The van der Waals surface area contributed by atoms with Gasteiger partial charge in [-0.05, 0) is 49.4 Å². The van der Waals surface area contributed by atoms with Crippen LogP contribution in [0.4, 0.5) is 0 Å². The second-order valence-electron chi connectivity index (χ2n) is 6.79. The number of para-hydroxylation sites is 1. The molecule has 4 aromatic rings. The van der Waals surface area contributed by atoms with Gasteiger partial charge in [0.05, 0.1) is 28.1 Å². The molecular formula is C23H18BrN5O2S. The Kier molecular flexibility index (Phi) is 6.77. The van der Waals surface area contributed by atoms with Crippen LogP contribution < -0.4 is 11.0 Å². The number of rotatable bonds is 6. The Morgan fingerprint density at radius 3 is 2.66 bits per heavy atom. The minimum Gasteiger partial charge on any atom is -0.272 e. The molecule has 160 valence electrons. The standard InChI is InChI=1S/C23H18BrN5O2S/c1-15(16-5-4-12-25-13-16)27-28-21(30)14-32-23-26-20-7-3-2-6-19(20)22(31)29(23)18-10-8-17(24)9-11-18/h2-13H,14H2,1H3,(H,28,30). The van der Waals surface area contributed by atoms with E-state index in [0.29, 0.717) is 27.5 Å². The number of nitrogens with one attached hydrogen (secondary N) is 1. The summed E-state index contributed by atoms with van der Waals surface area (Å²) in [5, 5.41) is 5.08. The molecule has 9 heteroatoms. The fourth-order valence-electron chi connectivity index (χ4n) is 2.98. The molecule has 2 aromatic heterocycles. The molecule has 0 radical (unpaired) electrons. The lowest BCUT2D eigenvalue weighted by Crippen LogP contribution is -2.24. The summed E-state index contributed by atoms with van der Waals surface area (Å²) in [6.07, 6.45) is 3.35. The zero-order valence-electron chi connectivity index (χ0n) is 17.0. The maximum Gasteiger partial charge on any atom is 0.266 e. The van der Waals surface area contributed by atoms with E-state index in [1.165, 1.54) is 16.3 Å². The minimum atomic E-state index is -0.303. The van der Waals surface area contributed by atoms with Gasteiger partial charge >= 0.3 is 0 Å². The van der Waals surface area contributed by atoms with Crippen molar-refractivity contribution in [3.8, 4) is 5.69 Å². The third-order valence-electron chi connectivity index (χ3n) is 4.59. The number of benzene rings is 2. The van der Waals surface area contributed by atoms with Crippen LogP contribution in [0.15, 0.2) is 92.6 Å². The highest BCUT2D eigenvalue weighted by Gasteiger charge is 2.15. The van der Waals surface area contributed by atoms with Gasteiger partial charge in [0.25, 0.3) is 11.5 Å². The maximum atomic E-state index is 13.2. The summed E-state index contributed by atoms with van der Waals surface area (Å²) < 4.78 is 2.43. The topological polar surface area (TPSA) is 89.2 Å². The molecule has 7 nitrogen and oxygen atoms in total. The van der Waals surface area contributed by atoms with E-state index in [1.807, 2.05) is 36.4 Å². The van der Waals surface area contributed by atoms with Gasteiger partial charge in [-0.1, -0.05) is 45.9 Å². The number of nitrogens with zero attached hydrogens (tertiary/aromatic N) is 4. The van der Waals surface area contributed by atoms with Crippen molar-refractivity contribution in [3.63, 3.8) is 0 Å². The van der Waals surface area contributed by atoms with Gasteiger partial charge in [-0.2, -0.15) is 5.10 Å². The van der Waals surface area contributed by atoms with Crippen molar-refractivity contribution in [1.82, 2.24) is 20.0 Å². The number of fused-ring (bicyclic) bond motifs is 1. The van der Waals surface area contributed by atoms with Crippen LogP contribution in [0, 0.1) is 0 Å². The lowest BCUT2D eigenvalue weighted by molar-refractivity contribution is -0.118. The molecule has 0 atom stereocenters. The van der Waals surface area contributed by atoms with Crippen LogP contribution in [0.1, 0.15) is 12.5 Å². The number of halogens is 1. The minimum absolute atomic E-state index is 0.0468. The van der Waals surface area contributed by atoms with Gasteiger partial charge in [-0.15, -0.1) is 0 Å². The van der Waals surface area contributed by atoms with E-state index in [4.69, 9.17) is 0 Å². The summed E-state index contributed by atoms with van der Waals surface area (Å²) in [6.45, 7) is 1.79. The zero-order valence-corrected chi connectivity index (χ0v) is 19.4. The van der Waals surface area contributed by atoms with Crippen LogP contribution >= 0.6 is 27.7 Å². The molecule has 2 aromatic carbocycles. The average molecular weight is 508 g/mol. The molecule has 0 spiro atoms. The predicted octanol–water partition coefficient (Wildman–Crippen LogP) is 4.18. The Morgan fingerprint density at radius 1 is 1.12 bits per heavy atom. The Balaban J connectivity index is 1.59. The lowest BCUT2D eigenvalue weighted by atomic mass is 10.2. The number of hydrogen-bond donors (Lipinski definition) is 1. The van der Waals surface area contributed by atoms with Crippen molar-refractivity contribution < 1.29 is 4.79 Å². The summed E-state index contributed by atoms with van der Waals surface area (Å²) >= 11 is 4.59. The molecule has 0 saturated carbocycles.